The summed E-state index contributed by atoms with van der Waals surface area (Å²) in [6, 6.07) is 6.12. The number of rotatable bonds is 7. The molecule has 0 saturated heterocycles. The zero-order valence-corrected chi connectivity index (χ0v) is 16.7. The first-order valence-corrected chi connectivity index (χ1v) is 11.1. The zero-order valence-electron chi connectivity index (χ0n) is 15.8. The third-order valence-corrected chi connectivity index (χ3v) is 7.58. The van der Waals surface area contributed by atoms with E-state index in [0.29, 0.717) is 5.75 Å². The van der Waals surface area contributed by atoms with E-state index in [4.69, 9.17) is 0 Å². The maximum atomic E-state index is 11.0. The van der Waals surface area contributed by atoms with Crippen LogP contribution in [0.15, 0.2) is 23.1 Å². The van der Waals surface area contributed by atoms with E-state index in [2.05, 4.69) is 24.8 Å². The Hall–Kier alpha value is -0.710. The van der Waals surface area contributed by atoms with Crippen molar-refractivity contribution in [2.24, 2.45) is 5.41 Å². The average Bonchev–Trinajstić information content (AvgIpc) is 2.65. The first kappa shape index (κ1) is 19.6. The highest BCUT2D eigenvalue weighted by molar-refractivity contribution is 8.24. The smallest absolute Gasteiger partial charge is 0.0617 e. The zero-order chi connectivity index (χ0) is 17.8. The molecule has 2 N–H and O–H groups in total. The molecule has 0 radical (unpaired) electrons. The van der Waals surface area contributed by atoms with Crippen LogP contribution in [0.1, 0.15) is 64.4 Å². The van der Waals surface area contributed by atoms with Gasteiger partial charge in [-0.1, -0.05) is 39.5 Å². The molecule has 1 aliphatic rings. The normalized spacial score (nSPS) is 20.1. The van der Waals surface area contributed by atoms with E-state index >= 15 is 0 Å². The number of benzene rings is 1. The number of nitrogens with zero attached hydrogens (tertiary/aromatic N) is 1. The summed E-state index contributed by atoms with van der Waals surface area (Å²) in [6.45, 7) is 4.45. The molecule has 24 heavy (non-hydrogen) atoms. The lowest BCUT2D eigenvalue weighted by Gasteiger charge is -2.42. The standard InChI is InChI=1S/C20H35NO2S/c1-5-7-12-20(13-8-6-2)14-11-17-15-18(21(3)4)9-10-19(17)24(22,23)16-20/h9-10,15,22-23H,5-8,11-14,16H2,1-4H3. The molecule has 0 saturated carbocycles. The fourth-order valence-corrected chi connectivity index (χ4v) is 6.27. The van der Waals surface area contributed by atoms with Crippen molar-refractivity contribution in [3.8, 4) is 0 Å². The fraction of sp³-hybridized carbons (Fsp3) is 0.700. The van der Waals surface area contributed by atoms with E-state index in [1.165, 1.54) is 25.7 Å². The van der Waals surface area contributed by atoms with Crippen molar-refractivity contribution in [3.05, 3.63) is 23.8 Å². The summed E-state index contributed by atoms with van der Waals surface area (Å²) in [5, 5.41) is 0. The van der Waals surface area contributed by atoms with Gasteiger partial charge in [-0.3, -0.25) is 9.11 Å². The van der Waals surface area contributed by atoms with Crippen LogP contribution in [0.2, 0.25) is 0 Å². The van der Waals surface area contributed by atoms with Gasteiger partial charge < -0.3 is 4.90 Å². The van der Waals surface area contributed by atoms with Crippen LogP contribution in [0, 0.1) is 5.41 Å². The van der Waals surface area contributed by atoms with Crippen LogP contribution < -0.4 is 4.90 Å². The van der Waals surface area contributed by atoms with Crippen molar-refractivity contribution in [2.75, 3.05) is 24.7 Å². The second-order valence-electron chi connectivity index (χ2n) is 7.70. The molecule has 2 rings (SSSR count). The molecule has 0 bridgehead atoms. The predicted octanol–water partition coefficient (Wildman–Crippen LogP) is 6.18. The minimum atomic E-state index is -2.71. The molecule has 4 heteroatoms. The Bertz CT molecular complexity index is 534. The molecular formula is C20H35NO2S. The van der Waals surface area contributed by atoms with Gasteiger partial charge in [0.25, 0.3) is 0 Å². The Morgan fingerprint density at radius 3 is 2.25 bits per heavy atom. The number of hydrogen-bond donors (Lipinski definition) is 2. The summed E-state index contributed by atoms with van der Waals surface area (Å²) in [5.74, 6) is 0.550. The summed E-state index contributed by atoms with van der Waals surface area (Å²) < 4.78 is 22.0. The van der Waals surface area contributed by atoms with Gasteiger partial charge in [0.15, 0.2) is 0 Å². The Labute approximate surface area is 149 Å². The molecule has 1 aliphatic heterocycles. The summed E-state index contributed by atoms with van der Waals surface area (Å²) in [4.78, 5) is 2.88. The molecule has 0 aromatic heterocycles. The topological polar surface area (TPSA) is 43.7 Å². The van der Waals surface area contributed by atoms with Crippen molar-refractivity contribution in [3.63, 3.8) is 0 Å². The summed E-state index contributed by atoms with van der Waals surface area (Å²) in [5.41, 5.74) is 2.36. The van der Waals surface area contributed by atoms with Crippen LogP contribution in [0.5, 0.6) is 0 Å². The van der Waals surface area contributed by atoms with Crippen molar-refractivity contribution in [1.29, 1.82) is 0 Å². The fourth-order valence-electron chi connectivity index (χ4n) is 3.96. The van der Waals surface area contributed by atoms with Crippen molar-refractivity contribution >= 4 is 16.3 Å². The highest BCUT2D eigenvalue weighted by Gasteiger charge is 2.38. The van der Waals surface area contributed by atoms with Gasteiger partial charge in [-0.25, -0.2) is 0 Å². The van der Waals surface area contributed by atoms with Crippen molar-refractivity contribution in [1.82, 2.24) is 0 Å². The molecular weight excluding hydrogens is 318 g/mol. The van der Waals surface area contributed by atoms with Gasteiger partial charge in [-0.2, -0.15) is 10.6 Å². The summed E-state index contributed by atoms with van der Waals surface area (Å²) in [6.07, 6.45) is 8.97. The lowest BCUT2D eigenvalue weighted by atomic mass is 9.75. The monoisotopic (exact) mass is 353 g/mol. The van der Waals surface area contributed by atoms with Gasteiger partial charge >= 0.3 is 0 Å². The maximum Gasteiger partial charge on any atom is 0.0617 e. The molecule has 0 amide bonds. The maximum absolute atomic E-state index is 11.0. The molecule has 0 fully saturated rings. The van der Waals surface area contributed by atoms with Crippen molar-refractivity contribution < 1.29 is 9.11 Å². The largest absolute Gasteiger partial charge is 0.378 e. The van der Waals surface area contributed by atoms with Gasteiger partial charge in [0.1, 0.15) is 0 Å². The van der Waals surface area contributed by atoms with E-state index in [-0.39, 0.29) is 5.41 Å². The number of hydrogen-bond acceptors (Lipinski definition) is 3. The van der Waals surface area contributed by atoms with Crippen LogP contribution in [0.4, 0.5) is 5.69 Å². The first-order valence-electron chi connectivity index (χ1n) is 9.40. The Kier molecular flexibility index (Phi) is 6.63. The van der Waals surface area contributed by atoms with E-state index in [0.717, 1.165) is 41.8 Å². The van der Waals surface area contributed by atoms with E-state index in [1.54, 1.807) is 0 Å². The lowest BCUT2D eigenvalue weighted by molar-refractivity contribution is 0.236. The third kappa shape index (κ3) is 4.47. The minimum Gasteiger partial charge on any atom is -0.378 e. The highest BCUT2D eigenvalue weighted by atomic mass is 32.3. The summed E-state index contributed by atoms with van der Waals surface area (Å²) >= 11 is 0. The van der Waals surface area contributed by atoms with Gasteiger partial charge in [-0.15, -0.1) is 0 Å². The third-order valence-electron chi connectivity index (χ3n) is 5.47. The minimum absolute atomic E-state index is 0.0855. The van der Waals surface area contributed by atoms with Gasteiger partial charge in [-0.05, 0) is 54.9 Å². The molecule has 0 atom stereocenters. The SMILES string of the molecule is CCCCC1(CCCC)CCc2cc(N(C)C)ccc2S(O)(O)C1. The van der Waals surface area contributed by atoms with Crippen molar-refractivity contribution in [2.45, 2.75) is 70.1 Å². The van der Waals surface area contributed by atoms with Gasteiger partial charge in [0.2, 0.25) is 0 Å². The Morgan fingerprint density at radius 2 is 1.71 bits per heavy atom. The van der Waals surface area contributed by atoms with Crippen LogP contribution in [-0.4, -0.2) is 29.0 Å². The molecule has 0 aliphatic carbocycles. The number of anilines is 1. The number of aryl methyl sites for hydroxylation is 1. The van der Waals surface area contributed by atoms with Crippen LogP contribution in [-0.2, 0) is 6.42 Å². The number of unbranched alkanes of at least 4 members (excludes halogenated alkanes) is 2. The molecule has 0 spiro atoms. The molecule has 3 nitrogen and oxygen atoms in total. The van der Waals surface area contributed by atoms with E-state index in [1.807, 2.05) is 26.2 Å². The molecule has 0 unspecified atom stereocenters. The Balaban J connectivity index is 2.35. The van der Waals surface area contributed by atoms with Crippen LogP contribution in [0.3, 0.4) is 0 Å². The lowest BCUT2D eigenvalue weighted by Crippen LogP contribution is -2.28. The van der Waals surface area contributed by atoms with Gasteiger partial charge in [0, 0.05) is 25.5 Å². The summed E-state index contributed by atoms with van der Waals surface area (Å²) in [7, 11) is 1.35. The quantitative estimate of drug-likeness (QED) is 0.615. The first-order chi connectivity index (χ1) is 11.3. The number of fused-ring (bicyclic) bond motifs is 1. The average molecular weight is 354 g/mol. The second kappa shape index (κ2) is 8.11. The second-order valence-corrected chi connectivity index (χ2v) is 9.77. The van der Waals surface area contributed by atoms with E-state index < -0.39 is 10.6 Å². The predicted molar refractivity (Wildman–Crippen MR) is 107 cm³/mol. The van der Waals surface area contributed by atoms with Crippen LogP contribution >= 0.6 is 10.6 Å². The molecule has 1 heterocycles. The molecule has 1 aromatic rings. The van der Waals surface area contributed by atoms with E-state index in [9.17, 15) is 9.11 Å². The van der Waals surface area contributed by atoms with Crippen LogP contribution in [0.25, 0.3) is 0 Å². The Morgan fingerprint density at radius 1 is 1.08 bits per heavy atom. The van der Waals surface area contributed by atoms with Gasteiger partial charge in [0.05, 0.1) is 4.90 Å². The molecule has 138 valence electrons. The highest BCUT2D eigenvalue weighted by Crippen LogP contribution is 2.59. The molecule has 1 aromatic carbocycles.